The number of rotatable bonds is 3. The van der Waals surface area contributed by atoms with Crippen LogP contribution in [0.1, 0.15) is 46.5 Å². The van der Waals surface area contributed by atoms with Gasteiger partial charge >= 0.3 is 0 Å². The molecule has 0 unspecified atom stereocenters. The molecule has 4 nitrogen and oxygen atoms in total. The van der Waals surface area contributed by atoms with E-state index < -0.39 is 15.6 Å². The maximum Gasteiger partial charge on any atom is 0.208 e. The fraction of sp³-hybridized carbons (Fsp3) is 1.00. The molecule has 0 bridgehead atoms. The van der Waals surface area contributed by atoms with Gasteiger partial charge in [-0.1, -0.05) is 20.8 Å². The van der Waals surface area contributed by atoms with E-state index in [4.69, 9.17) is 0 Å². The molecule has 1 fully saturated rings. The molecule has 0 heterocycles. The predicted molar refractivity (Wildman–Crippen MR) is 69.2 cm³/mol. The Balaban J connectivity index is 2.50. The zero-order valence-electron chi connectivity index (χ0n) is 11.3. The van der Waals surface area contributed by atoms with E-state index in [0.29, 0.717) is 18.8 Å². The van der Waals surface area contributed by atoms with Crippen molar-refractivity contribution in [3.05, 3.63) is 0 Å². The van der Waals surface area contributed by atoms with E-state index in [1.54, 1.807) is 0 Å². The van der Waals surface area contributed by atoms with Gasteiger partial charge in [0.1, 0.15) is 0 Å². The first-order valence-corrected chi connectivity index (χ1v) is 8.08. The molecule has 5 heteroatoms. The Morgan fingerprint density at radius 2 is 1.76 bits per heavy atom. The van der Waals surface area contributed by atoms with Gasteiger partial charge in [-0.15, -0.1) is 0 Å². The van der Waals surface area contributed by atoms with Gasteiger partial charge in [-0.05, 0) is 37.0 Å². The quantitative estimate of drug-likeness (QED) is 0.811. The van der Waals surface area contributed by atoms with E-state index in [2.05, 4.69) is 25.5 Å². The summed E-state index contributed by atoms with van der Waals surface area (Å²) in [6.07, 6.45) is 4.41. The summed E-state index contributed by atoms with van der Waals surface area (Å²) in [5.74, 6) is 0.612. The summed E-state index contributed by atoms with van der Waals surface area (Å²) in [5.41, 5.74) is -0.587. The Morgan fingerprint density at radius 3 is 2.12 bits per heavy atom. The SMILES string of the molecule is CC(C)(C)C1CCC(O)(CNS(C)(=O)=O)CC1. The maximum atomic E-state index is 11.0. The highest BCUT2D eigenvalue weighted by Crippen LogP contribution is 2.41. The molecule has 1 rings (SSSR count). The smallest absolute Gasteiger partial charge is 0.208 e. The van der Waals surface area contributed by atoms with Gasteiger partial charge < -0.3 is 5.11 Å². The van der Waals surface area contributed by atoms with Crippen LogP contribution in [0.25, 0.3) is 0 Å². The van der Waals surface area contributed by atoms with Gasteiger partial charge in [0.2, 0.25) is 10.0 Å². The largest absolute Gasteiger partial charge is 0.389 e. The van der Waals surface area contributed by atoms with Crippen LogP contribution >= 0.6 is 0 Å². The standard InChI is InChI=1S/C12H25NO3S/c1-11(2,3)10-5-7-12(14,8-6-10)9-13-17(4,15)16/h10,13-14H,5-9H2,1-4H3. The number of hydrogen-bond acceptors (Lipinski definition) is 3. The molecular formula is C12H25NO3S. The average molecular weight is 263 g/mol. The van der Waals surface area contributed by atoms with Crippen LogP contribution in [0.3, 0.4) is 0 Å². The molecule has 1 aliphatic carbocycles. The highest BCUT2D eigenvalue weighted by Gasteiger charge is 2.37. The average Bonchev–Trinajstić information content (AvgIpc) is 2.13. The minimum Gasteiger partial charge on any atom is -0.389 e. The molecule has 0 radical (unpaired) electrons. The van der Waals surface area contributed by atoms with Crippen molar-refractivity contribution in [2.75, 3.05) is 12.8 Å². The van der Waals surface area contributed by atoms with Crippen molar-refractivity contribution in [1.29, 1.82) is 0 Å². The minimum absolute atomic E-state index is 0.142. The third kappa shape index (κ3) is 4.94. The lowest BCUT2D eigenvalue weighted by Gasteiger charge is -2.41. The summed E-state index contributed by atoms with van der Waals surface area (Å²) in [4.78, 5) is 0. The van der Waals surface area contributed by atoms with Gasteiger partial charge in [0.15, 0.2) is 0 Å². The Kier molecular flexibility index (Phi) is 4.27. The molecule has 102 valence electrons. The summed E-state index contributed by atoms with van der Waals surface area (Å²) >= 11 is 0. The van der Waals surface area contributed by atoms with Crippen LogP contribution < -0.4 is 4.72 Å². The molecule has 0 saturated heterocycles. The van der Waals surface area contributed by atoms with Crippen LogP contribution in [0.15, 0.2) is 0 Å². The van der Waals surface area contributed by atoms with Gasteiger partial charge in [0, 0.05) is 6.54 Å². The van der Waals surface area contributed by atoms with E-state index in [1.807, 2.05) is 0 Å². The first-order valence-electron chi connectivity index (χ1n) is 6.19. The lowest BCUT2D eigenvalue weighted by atomic mass is 9.68. The van der Waals surface area contributed by atoms with Crippen molar-refractivity contribution in [3.8, 4) is 0 Å². The Morgan fingerprint density at radius 1 is 1.29 bits per heavy atom. The van der Waals surface area contributed by atoms with Crippen molar-refractivity contribution >= 4 is 10.0 Å². The van der Waals surface area contributed by atoms with E-state index in [1.165, 1.54) is 0 Å². The zero-order valence-corrected chi connectivity index (χ0v) is 12.1. The monoisotopic (exact) mass is 263 g/mol. The summed E-state index contributed by atoms with van der Waals surface area (Å²) < 4.78 is 24.4. The van der Waals surface area contributed by atoms with Gasteiger partial charge in [0.05, 0.1) is 11.9 Å². The fourth-order valence-electron chi connectivity index (χ4n) is 2.46. The normalized spacial score (nSPS) is 31.5. The molecule has 1 saturated carbocycles. The van der Waals surface area contributed by atoms with Gasteiger partial charge in [0.25, 0.3) is 0 Å². The third-order valence-electron chi connectivity index (χ3n) is 3.80. The third-order valence-corrected chi connectivity index (χ3v) is 4.47. The zero-order chi connectivity index (χ0) is 13.3. The van der Waals surface area contributed by atoms with Crippen LogP contribution in [0.5, 0.6) is 0 Å². The maximum absolute atomic E-state index is 11.0. The van der Waals surface area contributed by atoms with Crippen LogP contribution in [-0.2, 0) is 10.0 Å². The van der Waals surface area contributed by atoms with Crippen molar-refractivity contribution < 1.29 is 13.5 Å². The molecule has 0 atom stereocenters. The van der Waals surface area contributed by atoms with Crippen LogP contribution in [0.4, 0.5) is 0 Å². The summed E-state index contributed by atoms with van der Waals surface area (Å²) in [6.45, 7) is 6.80. The van der Waals surface area contributed by atoms with Gasteiger partial charge in [-0.3, -0.25) is 0 Å². The number of nitrogens with one attached hydrogen (secondary N) is 1. The molecule has 0 aromatic carbocycles. The summed E-state index contributed by atoms with van der Waals surface area (Å²) in [5, 5.41) is 10.3. The summed E-state index contributed by atoms with van der Waals surface area (Å²) in [6, 6.07) is 0. The molecular weight excluding hydrogens is 238 g/mol. The van der Waals surface area contributed by atoms with Crippen molar-refractivity contribution in [2.24, 2.45) is 11.3 Å². The number of hydrogen-bond donors (Lipinski definition) is 2. The Labute approximate surface area is 105 Å². The molecule has 2 N–H and O–H groups in total. The highest BCUT2D eigenvalue weighted by molar-refractivity contribution is 7.88. The first-order chi connectivity index (χ1) is 7.52. The second kappa shape index (κ2) is 4.86. The van der Waals surface area contributed by atoms with Crippen molar-refractivity contribution in [1.82, 2.24) is 4.72 Å². The number of sulfonamides is 1. The van der Waals surface area contributed by atoms with E-state index in [9.17, 15) is 13.5 Å². The molecule has 1 aliphatic rings. The second-order valence-corrected chi connectivity index (χ2v) is 8.29. The topological polar surface area (TPSA) is 66.4 Å². The highest BCUT2D eigenvalue weighted by atomic mass is 32.2. The predicted octanol–water partition coefficient (Wildman–Crippen LogP) is 1.50. The van der Waals surface area contributed by atoms with Crippen molar-refractivity contribution in [3.63, 3.8) is 0 Å². The summed E-state index contributed by atoms with van der Waals surface area (Å²) in [7, 11) is -3.21. The lowest BCUT2D eigenvalue weighted by Crippen LogP contribution is -2.46. The van der Waals surface area contributed by atoms with Gasteiger partial charge in [-0.25, -0.2) is 13.1 Å². The molecule has 0 aliphatic heterocycles. The number of aliphatic hydroxyl groups is 1. The molecule has 0 aromatic heterocycles. The van der Waals surface area contributed by atoms with E-state index in [0.717, 1.165) is 19.1 Å². The van der Waals surface area contributed by atoms with E-state index >= 15 is 0 Å². The first kappa shape index (κ1) is 14.9. The van der Waals surface area contributed by atoms with Crippen molar-refractivity contribution in [2.45, 2.75) is 52.1 Å². The lowest BCUT2D eigenvalue weighted by molar-refractivity contribution is -0.0201. The second-order valence-electron chi connectivity index (χ2n) is 6.46. The minimum atomic E-state index is -3.21. The Bertz CT molecular complexity index is 348. The van der Waals surface area contributed by atoms with Crippen LogP contribution in [-0.4, -0.2) is 31.9 Å². The molecule has 17 heavy (non-hydrogen) atoms. The van der Waals surface area contributed by atoms with Gasteiger partial charge in [-0.2, -0.15) is 0 Å². The van der Waals surface area contributed by atoms with Crippen LogP contribution in [0.2, 0.25) is 0 Å². The Hall–Kier alpha value is -0.130. The fourth-order valence-corrected chi connectivity index (χ4v) is 2.99. The molecule has 0 spiro atoms. The van der Waals surface area contributed by atoms with Crippen LogP contribution in [0, 0.1) is 11.3 Å². The van der Waals surface area contributed by atoms with E-state index in [-0.39, 0.29) is 12.0 Å². The molecule has 0 aromatic rings. The molecule has 0 amide bonds.